The highest BCUT2D eigenvalue weighted by Gasteiger charge is 2.39. The minimum absolute atomic E-state index is 0.00492. The van der Waals surface area contributed by atoms with Crippen molar-refractivity contribution in [3.05, 3.63) is 63.0 Å². The van der Waals surface area contributed by atoms with Gasteiger partial charge in [-0.15, -0.1) is 5.01 Å². The van der Waals surface area contributed by atoms with Crippen LogP contribution in [0.2, 0.25) is 0 Å². The number of para-hydroxylation sites is 1. The van der Waals surface area contributed by atoms with Gasteiger partial charge in [0.15, 0.2) is 10.5 Å². The van der Waals surface area contributed by atoms with Crippen LogP contribution in [0.5, 0.6) is 0 Å². The lowest BCUT2D eigenvalue weighted by Gasteiger charge is -2.42. The zero-order valence-electron chi connectivity index (χ0n) is 24.0. The molecule has 5 rings (SSSR count). The van der Waals surface area contributed by atoms with Gasteiger partial charge < -0.3 is 5.32 Å². The Hall–Kier alpha value is -3.49. The number of carbonyl (C=O) groups excluding carboxylic acids is 1. The van der Waals surface area contributed by atoms with Crippen molar-refractivity contribution in [3.63, 3.8) is 0 Å². The highest BCUT2D eigenvalue weighted by molar-refractivity contribution is 5.76. The van der Waals surface area contributed by atoms with Crippen molar-refractivity contribution in [2.45, 2.75) is 85.4 Å². The van der Waals surface area contributed by atoms with Crippen LogP contribution in [0.1, 0.15) is 77.5 Å². The number of nitrogens with one attached hydrogen (secondary N) is 1. The zero-order valence-corrected chi connectivity index (χ0v) is 24.0. The number of carbonyl (C=O) groups is 1. The van der Waals surface area contributed by atoms with Crippen molar-refractivity contribution in [1.29, 1.82) is 0 Å². The molecule has 9 nitrogen and oxygen atoms in total. The second-order valence-corrected chi connectivity index (χ2v) is 13.2. The van der Waals surface area contributed by atoms with Crippen molar-refractivity contribution in [3.8, 4) is 0 Å². The van der Waals surface area contributed by atoms with Crippen molar-refractivity contribution in [1.82, 2.24) is 24.4 Å². The summed E-state index contributed by atoms with van der Waals surface area (Å²) < 4.78 is 3.47. The molecule has 2 aliphatic rings. The normalized spacial score (nSPS) is 20.9. The number of nitroso groups, excluding NO2 is 1. The third-order valence-electron chi connectivity index (χ3n) is 8.39. The third kappa shape index (κ3) is 5.36. The summed E-state index contributed by atoms with van der Waals surface area (Å²) in [4.78, 5) is 44.5. The molecule has 9 heteroatoms. The number of aromatic nitrogens is 3. The van der Waals surface area contributed by atoms with Crippen LogP contribution in [0.15, 0.2) is 41.2 Å². The zero-order chi connectivity index (χ0) is 28.1. The van der Waals surface area contributed by atoms with Crippen LogP contribution in [-0.4, -0.2) is 42.5 Å². The van der Waals surface area contributed by atoms with Crippen LogP contribution in [0, 0.1) is 15.7 Å². The minimum atomic E-state index is -0.0480. The lowest BCUT2D eigenvalue weighted by molar-refractivity contribution is -0.633. The van der Waals surface area contributed by atoms with Gasteiger partial charge in [-0.25, -0.2) is 9.78 Å². The largest absolute Gasteiger partial charge is 0.353 e. The molecule has 2 aromatic heterocycles. The van der Waals surface area contributed by atoms with Crippen LogP contribution in [-0.2, 0) is 24.9 Å². The minimum Gasteiger partial charge on any atom is -0.353 e. The summed E-state index contributed by atoms with van der Waals surface area (Å²) in [5.41, 5.74) is 4.06. The maximum atomic E-state index is 13.0. The molecule has 0 spiro atoms. The van der Waals surface area contributed by atoms with Gasteiger partial charge in [0.05, 0.1) is 22.5 Å². The van der Waals surface area contributed by atoms with Gasteiger partial charge in [0.1, 0.15) is 6.54 Å². The van der Waals surface area contributed by atoms with E-state index < -0.39 is 0 Å². The van der Waals surface area contributed by atoms with Gasteiger partial charge in [-0.1, -0.05) is 52.8 Å². The van der Waals surface area contributed by atoms with Crippen LogP contribution < -0.4 is 11.0 Å². The first-order valence-corrected chi connectivity index (χ1v) is 14.0. The molecule has 0 saturated heterocycles. The number of fused-ring (bicyclic) bond motifs is 2. The van der Waals surface area contributed by atoms with Crippen molar-refractivity contribution < 1.29 is 9.66 Å². The molecule has 3 heterocycles. The number of pyridine rings is 1. The highest BCUT2D eigenvalue weighted by atomic mass is 16.3. The molecule has 2 unspecified atom stereocenters. The number of hydrazine groups is 1. The lowest BCUT2D eigenvalue weighted by Crippen LogP contribution is -2.49. The van der Waals surface area contributed by atoms with E-state index in [-0.39, 0.29) is 40.8 Å². The third-order valence-corrected chi connectivity index (χ3v) is 8.39. The van der Waals surface area contributed by atoms with E-state index in [1.165, 1.54) is 0 Å². The Morgan fingerprint density at radius 2 is 1.92 bits per heavy atom. The molecule has 1 aromatic carbocycles. The second-order valence-electron chi connectivity index (χ2n) is 13.2. The highest BCUT2D eigenvalue weighted by Crippen LogP contribution is 2.42. The first-order valence-electron chi connectivity index (χ1n) is 14.0. The predicted octanol–water partition coefficient (Wildman–Crippen LogP) is 4.79. The smallest absolute Gasteiger partial charge is 0.330 e. The molecular weight excluding hydrogens is 492 g/mol. The Morgan fingerprint density at radius 1 is 1.18 bits per heavy atom. The summed E-state index contributed by atoms with van der Waals surface area (Å²) in [6.07, 6.45) is 2.99. The molecule has 3 aromatic rings. The molecule has 2 atom stereocenters. The molecule has 208 valence electrons. The van der Waals surface area contributed by atoms with Crippen molar-refractivity contribution in [2.24, 2.45) is 17.9 Å². The number of imidazole rings is 1. The Balaban J connectivity index is 1.27. The molecule has 39 heavy (non-hydrogen) atoms. The van der Waals surface area contributed by atoms with Gasteiger partial charge in [-0.2, -0.15) is 0 Å². The molecule has 0 bridgehead atoms. The predicted molar refractivity (Wildman–Crippen MR) is 151 cm³/mol. The SMILES string of the molecule is Cn1c(=O)n(CC(C)(C)C)c2ccc(C3CCC(C)(C)C(NC(=O)CCN4Cc5ccccc5[N+]4=O)C3)nc21. The monoisotopic (exact) mass is 533 g/mol. The quantitative estimate of drug-likeness (QED) is 0.460. The van der Waals surface area contributed by atoms with E-state index in [2.05, 4.69) is 46.0 Å². The Labute approximate surface area is 229 Å². The van der Waals surface area contributed by atoms with E-state index in [4.69, 9.17) is 4.98 Å². The van der Waals surface area contributed by atoms with Crippen LogP contribution in [0.3, 0.4) is 0 Å². The Morgan fingerprint density at radius 3 is 2.64 bits per heavy atom. The number of hydrogen-bond donors (Lipinski definition) is 1. The number of benzene rings is 1. The summed E-state index contributed by atoms with van der Waals surface area (Å²) in [5, 5.41) is 4.96. The van der Waals surface area contributed by atoms with E-state index in [9.17, 15) is 14.5 Å². The van der Waals surface area contributed by atoms with E-state index >= 15 is 0 Å². The van der Waals surface area contributed by atoms with Gasteiger partial charge in [0, 0.05) is 43.7 Å². The summed E-state index contributed by atoms with van der Waals surface area (Å²) >= 11 is 0. The fraction of sp³-hybridized carbons (Fsp3) is 0.567. The number of hydrogen-bond acceptors (Lipinski definition) is 4. The topological polar surface area (TPSA) is 92.2 Å². The van der Waals surface area contributed by atoms with Gasteiger partial charge in [0.2, 0.25) is 5.91 Å². The summed E-state index contributed by atoms with van der Waals surface area (Å²) in [7, 11) is 1.79. The van der Waals surface area contributed by atoms with Crippen LogP contribution >= 0.6 is 0 Å². The number of amides is 1. The standard InChI is InChI=1S/C30H40N6O3/c1-29(2,3)19-35-24-12-11-22(31-27(24)33(6)28(35)38)20-13-15-30(4,5)25(17-20)32-26(37)14-16-34-18-21-9-7-8-10-23(21)36(34)39/h7-12,20,25H,13-19H2,1-6H3/p+1. The maximum Gasteiger partial charge on any atom is 0.330 e. The van der Waals surface area contributed by atoms with E-state index in [1.807, 2.05) is 34.9 Å². The number of nitrogens with zero attached hydrogens (tertiary/aromatic N) is 5. The van der Waals surface area contributed by atoms with Crippen LogP contribution in [0.25, 0.3) is 11.2 Å². The van der Waals surface area contributed by atoms with Gasteiger partial charge in [0.25, 0.3) is 5.69 Å². The van der Waals surface area contributed by atoms with Gasteiger partial charge >= 0.3 is 5.69 Å². The average molecular weight is 534 g/mol. The molecule has 1 N–H and O–H groups in total. The maximum absolute atomic E-state index is 13.0. The summed E-state index contributed by atoms with van der Waals surface area (Å²) in [6, 6.07) is 11.6. The molecule has 1 saturated carbocycles. The fourth-order valence-electron chi connectivity index (χ4n) is 6.02. The van der Waals surface area contributed by atoms with E-state index in [1.54, 1.807) is 16.6 Å². The molecule has 1 aliphatic carbocycles. The average Bonchev–Trinajstić information content (AvgIpc) is 3.32. The van der Waals surface area contributed by atoms with Crippen LogP contribution in [0.4, 0.5) is 5.69 Å². The summed E-state index contributed by atoms with van der Waals surface area (Å²) in [6.45, 7) is 12.3. The number of aryl methyl sites for hydroxylation is 1. The molecule has 0 radical (unpaired) electrons. The molecular formula is C30H41N6O3+. The molecule has 1 aliphatic heterocycles. The molecule has 1 amide bonds. The fourth-order valence-corrected chi connectivity index (χ4v) is 6.02. The van der Waals surface area contributed by atoms with Gasteiger partial charge in [-0.05, 0) is 42.2 Å². The first kappa shape index (κ1) is 27.1. The van der Waals surface area contributed by atoms with Crippen molar-refractivity contribution >= 4 is 22.8 Å². The van der Waals surface area contributed by atoms with E-state index in [0.29, 0.717) is 31.0 Å². The van der Waals surface area contributed by atoms with Crippen molar-refractivity contribution in [2.75, 3.05) is 6.54 Å². The van der Waals surface area contributed by atoms with Gasteiger partial charge in [-0.3, -0.25) is 13.9 Å². The molecule has 1 fully saturated rings. The Bertz CT molecular complexity index is 1480. The number of rotatable bonds is 6. The summed E-state index contributed by atoms with van der Waals surface area (Å²) in [5.74, 6) is 0.155. The van der Waals surface area contributed by atoms with E-state index in [0.717, 1.165) is 40.9 Å². The first-order chi connectivity index (χ1) is 18.3. The lowest BCUT2D eigenvalue weighted by atomic mass is 9.68. The second kappa shape index (κ2) is 9.92. The Kier molecular flexibility index (Phi) is 6.89.